The van der Waals surface area contributed by atoms with E-state index in [1.165, 1.54) is 0 Å². The Labute approximate surface area is 145 Å². The average Bonchev–Trinajstić information content (AvgIpc) is 3.30. The van der Waals surface area contributed by atoms with Gasteiger partial charge in [0.1, 0.15) is 0 Å². The van der Waals surface area contributed by atoms with E-state index in [-0.39, 0.29) is 0 Å². The van der Waals surface area contributed by atoms with E-state index in [0.29, 0.717) is 23.4 Å². The fourth-order valence-corrected chi connectivity index (χ4v) is 3.45. The van der Waals surface area contributed by atoms with Crippen molar-refractivity contribution in [3.8, 4) is 28.5 Å². The molecule has 0 amide bonds. The molecule has 1 aliphatic rings. The minimum atomic E-state index is 0.290. The van der Waals surface area contributed by atoms with E-state index >= 15 is 0 Å². The molecule has 1 atom stereocenters. The minimum absolute atomic E-state index is 0.290. The lowest BCUT2D eigenvalue weighted by atomic mass is 10.1. The standard InChI is InChI=1S/C17H22N2O4S/c1-20-14-7-11(8-15(21-2)16(14)22-3)13-10-24-17(19-13)18-9-12-5-4-6-23-12/h7-8,10,12H,4-6,9H2,1-3H3,(H,18,19)/t12-/m0/s1. The first-order valence-electron chi connectivity index (χ1n) is 7.86. The maximum absolute atomic E-state index is 5.62. The Morgan fingerprint density at radius 2 is 1.96 bits per heavy atom. The number of rotatable bonds is 7. The maximum atomic E-state index is 5.62. The fraction of sp³-hybridized carbons (Fsp3) is 0.471. The van der Waals surface area contributed by atoms with Crippen LogP contribution in [0.2, 0.25) is 0 Å². The van der Waals surface area contributed by atoms with Gasteiger partial charge in [0.15, 0.2) is 16.6 Å². The molecule has 1 saturated heterocycles. The Kier molecular flexibility index (Phi) is 5.42. The second-order valence-corrected chi connectivity index (χ2v) is 6.33. The monoisotopic (exact) mass is 350 g/mol. The zero-order chi connectivity index (χ0) is 16.9. The van der Waals surface area contributed by atoms with Crippen molar-refractivity contribution in [2.75, 3.05) is 39.8 Å². The number of benzene rings is 1. The van der Waals surface area contributed by atoms with Crippen LogP contribution >= 0.6 is 11.3 Å². The first-order valence-corrected chi connectivity index (χ1v) is 8.74. The van der Waals surface area contributed by atoms with Gasteiger partial charge in [0.25, 0.3) is 0 Å². The van der Waals surface area contributed by atoms with E-state index in [9.17, 15) is 0 Å². The van der Waals surface area contributed by atoms with Crippen LogP contribution in [0.3, 0.4) is 0 Å². The average molecular weight is 350 g/mol. The van der Waals surface area contributed by atoms with Crippen molar-refractivity contribution in [2.45, 2.75) is 18.9 Å². The SMILES string of the molecule is COc1cc(-c2csc(NC[C@@H]3CCCO3)n2)cc(OC)c1OC. The van der Waals surface area contributed by atoms with Crippen LogP contribution in [0.15, 0.2) is 17.5 Å². The summed E-state index contributed by atoms with van der Waals surface area (Å²) in [5, 5.41) is 6.25. The van der Waals surface area contributed by atoms with Crippen molar-refractivity contribution in [3.05, 3.63) is 17.5 Å². The summed E-state index contributed by atoms with van der Waals surface area (Å²) < 4.78 is 21.8. The van der Waals surface area contributed by atoms with E-state index in [4.69, 9.17) is 18.9 Å². The number of nitrogens with one attached hydrogen (secondary N) is 1. The molecule has 130 valence electrons. The molecule has 1 aromatic heterocycles. The van der Waals surface area contributed by atoms with Crippen molar-refractivity contribution in [1.82, 2.24) is 4.98 Å². The van der Waals surface area contributed by atoms with Crippen molar-refractivity contribution < 1.29 is 18.9 Å². The highest BCUT2D eigenvalue weighted by atomic mass is 32.1. The van der Waals surface area contributed by atoms with Gasteiger partial charge >= 0.3 is 0 Å². The largest absolute Gasteiger partial charge is 0.493 e. The molecule has 3 rings (SSSR count). The predicted molar refractivity (Wildman–Crippen MR) is 94.7 cm³/mol. The van der Waals surface area contributed by atoms with Crippen LogP contribution in [0.1, 0.15) is 12.8 Å². The number of methoxy groups -OCH3 is 3. The number of ether oxygens (including phenoxy) is 4. The van der Waals surface area contributed by atoms with Gasteiger partial charge in [-0.1, -0.05) is 0 Å². The summed E-state index contributed by atoms with van der Waals surface area (Å²) in [6, 6.07) is 3.81. The lowest BCUT2D eigenvalue weighted by Crippen LogP contribution is -2.18. The number of aromatic nitrogens is 1. The maximum Gasteiger partial charge on any atom is 0.203 e. The molecule has 0 aliphatic carbocycles. The highest BCUT2D eigenvalue weighted by Crippen LogP contribution is 2.41. The van der Waals surface area contributed by atoms with Crippen molar-refractivity contribution in [2.24, 2.45) is 0 Å². The van der Waals surface area contributed by atoms with E-state index in [0.717, 1.165) is 42.4 Å². The highest BCUT2D eigenvalue weighted by molar-refractivity contribution is 7.14. The number of hydrogen-bond acceptors (Lipinski definition) is 7. The molecule has 6 nitrogen and oxygen atoms in total. The summed E-state index contributed by atoms with van der Waals surface area (Å²) in [6.07, 6.45) is 2.54. The summed E-state index contributed by atoms with van der Waals surface area (Å²) in [7, 11) is 4.81. The van der Waals surface area contributed by atoms with Crippen molar-refractivity contribution >= 4 is 16.5 Å². The van der Waals surface area contributed by atoms with Crippen LogP contribution in [0.25, 0.3) is 11.3 Å². The van der Waals surface area contributed by atoms with Crippen LogP contribution in [-0.4, -0.2) is 45.6 Å². The number of hydrogen-bond donors (Lipinski definition) is 1. The third-order valence-corrected chi connectivity index (χ3v) is 4.77. The zero-order valence-corrected chi connectivity index (χ0v) is 14.9. The lowest BCUT2D eigenvalue weighted by molar-refractivity contribution is 0.120. The summed E-state index contributed by atoms with van der Waals surface area (Å²) in [5.74, 6) is 1.82. The van der Waals surface area contributed by atoms with Crippen LogP contribution in [0, 0.1) is 0 Å². The molecule has 7 heteroatoms. The lowest BCUT2D eigenvalue weighted by Gasteiger charge is -2.13. The third kappa shape index (κ3) is 3.57. The van der Waals surface area contributed by atoms with E-state index in [2.05, 4.69) is 10.3 Å². The summed E-state index contributed by atoms with van der Waals surface area (Å²) in [5.41, 5.74) is 1.79. The Balaban J connectivity index is 1.78. The summed E-state index contributed by atoms with van der Waals surface area (Å²) in [6.45, 7) is 1.66. The van der Waals surface area contributed by atoms with Gasteiger partial charge < -0.3 is 24.3 Å². The first-order chi connectivity index (χ1) is 11.7. The Morgan fingerprint density at radius 1 is 1.21 bits per heavy atom. The molecule has 0 radical (unpaired) electrons. The smallest absolute Gasteiger partial charge is 0.203 e. The summed E-state index contributed by atoms with van der Waals surface area (Å²) in [4.78, 5) is 4.65. The first kappa shape index (κ1) is 16.9. The molecule has 24 heavy (non-hydrogen) atoms. The Morgan fingerprint density at radius 3 is 2.54 bits per heavy atom. The highest BCUT2D eigenvalue weighted by Gasteiger charge is 2.17. The van der Waals surface area contributed by atoms with Gasteiger partial charge in [-0.2, -0.15) is 0 Å². The van der Waals surface area contributed by atoms with E-state index < -0.39 is 0 Å². The fourth-order valence-electron chi connectivity index (χ4n) is 2.72. The van der Waals surface area contributed by atoms with Crippen LogP contribution in [0.4, 0.5) is 5.13 Å². The number of nitrogens with zero attached hydrogens (tertiary/aromatic N) is 1. The van der Waals surface area contributed by atoms with Gasteiger partial charge in [0.05, 0.1) is 33.1 Å². The van der Waals surface area contributed by atoms with E-state index in [1.807, 2.05) is 17.5 Å². The quantitative estimate of drug-likeness (QED) is 0.825. The zero-order valence-electron chi connectivity index (χ0n) is 14.1. The topological polar surface area (TPSA) is 61.8 Å². The molecule has 1 aliphatic heterocycles. The predicted octanol–water partition coefficient (Wildman–Crippen LogP) is 3.43. The molecule has 0 unspecified atom stereocenters. The number of thiazole rings is 1. The molecule has 2 aromatic rings. The molecule has 1 aromatic carbocycles. The van der Waals surface area contributed by atoms with Gasteiger partial charge in [0, 0.05) is 24.1 Å². The van der Waals surface area contributed by atoms with Gasteiger partial charge in [-0.05, 0) is 25.0 Å². The van der Waals surface area contributed by atoms with Crippen LogP contribution in [-0.2, 0) is 4.74 Å². The minimum Gasteiger partial charge on any atom is -0.493 e. The molecule has 0 spiro atoms. The third-order valence-electron chi connectivity index (χ3n) is 3.97. The Bertz CT molecular complexity index is 658. The van der Waals surface area contributed by atoms with Crippen molar-refractivity contribution in [1.29, 1.82) is 0 Å². The second kappa shape index (κ2) is 7.72. The summed E-state index contributed by atoms with van der Waals surface area (Å²) >= 11 is 1.57. The van der Waals surface area contributed by atoms with Gasteiger partial charge in [-0.15, -0.1) is 11.3 Å². The van der Waals surface area contributed by atoms with Gasteiger partial charge in [-0.25, -0.2) is 4.98 Å². The Hall–Kier alpha value is -1.99. The molecule has 0 bridgehead atoms. The molecule has 0 saturated carbocycles. The molecular weight excluding hydrogens is 328 g/mol. The van der Waals surface area contributed by atoms with Crippen molar-refractivity contribution in [3.63, 3.8) is 0 Å². The molecule has 2 heterocycles. The number of anilines is 1. The molecule has 1 fully saturated rings. The molecule has 1 N–H and O–H groups in total. The molecular formula is C17H22N2O4S. The van der Waals surface area contributed by atoms with Gasteiger partial charge in [-0.3, -0.25) is 0 Å². The van der Waals surface area contributed by atoms with Crippen LogP contribution < -0.4 is 19.5 Å². The van der Waals surface area contributed by atoms with Gasteiger partial charge in [0.2, 0.25) is 5.75 Å². The van der Waals surface area contributed by atoms with E-state index in [1.54, 1.807) is 32.7 Å². The normalized spacial score (nSPS) is 16.9. The van der Waals surface area contributed by atoms with Crippen LogP contribution in [0.5, 0.6) is 17.2 Å². The second-order valence-electron chi connectivity index (χ2n) is 5.47.